The third-order valence-corrected chi connectivity index (χ3v) is 5.40. The fourth-order valence-electron chi connectivity index (χ4n) is 3.61. The summed E-state index contributed by atoms with van der Waals surface area (Å²) in [5.74, 6) is 4.70. The number of likely N-dealkylation sites (tertiary alicyclic amines) is 1. The molecule has 8 heteroatoms. The number of hydrogen-bond donors (Lipinski definition) is 1. The van der Waals surface area contributed by atoms with Crippen LogP contribution in [0.2, 0.25) is 0 Å². The van der Waals surface area contributed by atoms with Crippen LogP contribution in [0, 0.1) is 11.8 Å². The van der Waals surface area contributed by atoms with Crippen molar-refractivity contribution >= 4 is 22.9 Å². The number of imidazole rings is 1. The molecule has 3 aromatic rings. The number of carbonyl (C=O) groups excluding carboxylic acids is 2. The summed E-state index contributed by atoms with van der Waals surface area (Å²) in [5.41, 5.74) is 1.81. The van der Waals surface area contributed by atoms with Crippen LogP contribution in [0.3, 0.4) is 0 Å². The number of aromatic nitrogens is 3. The molecule has 0 saturated carbocycles. The van der Waals surface area contributed by atoms with Gasteiger partial charge in [-0.15, -0.1) is 0 Å². The first-order valence-corrected chi connectivity index (χ1v) is 9.92. The van der Waals surface area contributed by atoms with Gasteiger partial charge >= 0.3 is 5.97 Å². The number of benzene rings is 1. The molecule has 8 nitrogen and oxygen atoms in total. The number of methoxy groups -OCH3 is 1. The molecule has 158 valence electrons. The van der Waals surface area contributed by atoms with E-state index in [9.17, 15) is 14.7 Å². The first kappa shape index (κ1) is 20.6. The number of pyridine rings is 1. The highest BCUT2D eigenvalue weighted by Gasteiger charge is 2.42. The van der Waals surface area contributed by atoms with Crippen LogP contribution < -0.4 is 0 Å². The molecule has 1 N–H and O–H groups in total. The van der Waals surface area contributed by atoms with Crippen LogP contribution in [0.5, 0.6) is 0 Å². The Labute approximate surface area is 179 Å². The van der Waals surface area contributed by atoms with Crippen LogP contribution >= 0.6 is 0 Å². The minimum atomic E-state index is -1.67. The van der Waals surface area contributed by atoms with Gasteiger partial charge in [0.2, 0.25) is 5.60 Å². The number of rotatable bonds is 3. The summed E-state index contributed by atoms with van der Waals surface area (Å²) in [7, 11) is 2.96. The molecule has 4 rings (SSSR count). The Hall–Kier alpha value is -3.70. The van der Waals surface area contributed by atoms with Gasteiger partial charge in [-0.25, -0.2) is 14.8 Å². The molecule has 1 aliphatic heterocycles. The van der Waals surface area contributed by atoms with Crippen molar-refractivity contribution in [1.29, 1.82) is 0 Å². The summed E-state index contributed by atoms with van der Waals surface area (Å²) < 4.78 is 6.78. The zero-order valence-corrected chi connectivity index (χ0v) is 17.5. The zero-order chi connectivity index (χ0) is 22.2. The van der Waals surface area contributed by atoms with Crippen molar-refractivity contribution in [2.45, 2.75) is 25.5 Å². The van der Waals surface area contributed by atoms with Crippen molar-refractivity contribution in [3.8, 4) is 23.1 Å². The van der Waals surface area contributed by atoms with Crippen LogP contribution in [0.25, 0.3) is 22.3 Å². The summed E-state index contributed by atoms with van der Waals surface area (Å²) in [6, 6.07) is 8.91. The number of esters is 1. The fourth-order valence-corrected chi connectivity index (χ4v) is 3.61. The topological polar surface area (TPSA) is 97.5 Å². The van der Waals surface area contributed by atoms with Gasteiger partial charge in [0.1, 0.15) is 5.52 Å². The second kappa shape index (κ2) is 7.85. The SMILES string of the molecule is CCn1cnc2c(-c3cccc(C#C[C@]4(O)CCN(C)C4=O)c3)nc(C(=O)OC)cc21. The highest BCUT2D eigenvalue weighted by Crippen LogP contribution is 2.28. The highest BCUT2D eigenvalue weighted by molar-refractivity contribution is 5.97. The molecule has 2 aromatic heterocycles. The van der Waals surface area contributed by atoms with E-state index in [0.717, 1.165) is 5.52 Å². The quantitative estimate of drug-likeness (QED) is 0.515. The lowest BCUT2D eigenvalue weighted by Gasteiger charge is -2.13. The average molecular weight is 418 g/mol. The number of aryl methyl sites for hydroxylation is 1. The lowest BCUT2D eigenvalue weighted by molar-refractivity contribution is -0.137. The van der Waals surface area contributed by atoms with Crippen LogP contribution in [-0.2, 0) is 16.1 Å². The molecular formula is C23H22N4O4. The van der Waals surface area contributed by atoms with Crippen LogP contribution in [0.4, 0.5) is 0 Å². The molecule has 0 bridgehead atoms. The third kappa shape index (κ3) is 3.64. The Morgan fingerprint density at radius 1 is 1.35 bits per heavy atom. The van der Waals surface area contributed by atoms with Gasteiger partial charge < -0.3 is 19.3 Å². The van der Waals surface area contributed by atoms with E-state index in [-0.39, 0.29) is 12.1 Å². The monoisotopic (exact) mass is 418 g/mol. The predicted molar refractivity (Wildman–Crippen MR) is 114 cm³/mol. The summed E-state index contributed by atoms with van der Waals surface area (Å²) >= 11 is 0. The maximum Gasteiger partial charge on any atom is 0.356 e. The van der Waals surface area contributed by atoms with Crippen LogP contribution in [0.15, 0.2) is 36.7 Å². The Kier molecular flexibility index (Phi) is 5.21. The molecule has 31 heavy (non-hydrogen) atoms. The summed E-state index contributed by atoms with van der Waals surface area (Å²) in [6.07, 6.45) is 1.98. The number of aliphatic hydroxyl groups is 1. The molecule has 0 unspecified atom stereocenters. The maximum absolute atomic E-state index is 12.2. The second-order valence-electron chi connectivity index (χ2n) is 7.41. The fraction of sp³-hybridized carbons (Fsp3) is 0.304. The van der Waals surface area contributed by atoms with Crippen LogP contribution in [-0.4, -0.2) is 62.7 Å². The van der Waals surface area contributed by atoms with E-state index in [1.54, 1.807) is 37.6 Å². The number of fused-ring (bicyclic) bond motifs is 1. The van der Waals surface area contributed by atoms with Gasteiger partial charge in [-0.3, -0.25) is 4.79 Å². The molecule has 3 heterocycles. The van der Waals surface area contributed by atoms with E-state index in [1.807, 2.05) is 17.6 Å². The summed E-state index contributed by atoms with van der Waals surface area (Å²) in [4.78, 5) is 34.8. The van der Waals surface area contributed by atoms with Gasteiger partial charge in [-0.1, -0.05) is 24.0 Å². The molecule has 1 amide bonds. The summed E-state index contributed by atoms with van der Waals surface area (Å²) in [5, 5.41) is 10.5. The number of hydrogen-bond acceptors (Lipinski definition) is 6. The van der Waals surface area contributed by atoms with Gasteiger partial charge in [-0.2, -0.15) is 0 Å². The van der Waals surface area contributed by atoms with Crippen molar-refractivity contribution in [2.75, 3.05) is 20.7 Å². The molecule has 1 aromatic carbocycles. The lowest BCUT2D eigenvalue weighted by Crippen LogP contribution is -2.37. The summed E-state index contributed by atoms with van der Waals surface area (Å²) in [6.45, 7) is 3.14. The van der Waals surface area contributed by atoms with Crippen molar-refractivity contribution in [1.82, 2.24) is 19.4 Å². The van der Waals surface area contributed by atoms with Crippen molar-refractivity contribution in [3.63, 3.8) is 0 Å². The zero-order valence-electron chi connectivity index (χ0n) is 17.5. The Balaban J connectivity index is 1.80. The predicted octanol–water partition coefficient (Wildman–Crippen LogP) is 1.85. The number of carbonyl (C=O) groups is 2. The average Bonchev–Trinajstić information content (AvgIpc) is 3.33. The minimum absolute atomic E-state index is 0.186. The van der Waals surface area contributed by atoms with Crippen molar-refractivity contribution < 1.29 is 19.4 Å². The van der Waals surface area contributed by atoms with Gasteiger partial charge in [0, 0.05) is 37.7 Å². The lowest BCUT2D eigenvalue weighted by atomic mass is 10.0. The second-order valence-corrected chi connectivity index (χ2v) is 7.41. The first-order valence-electron chi connectivity index (χ1n) is 9.92. The van der Waals surface area contributed by atoms with E-state index in [4.69, 9.17) is 4.74 Å². The van der Waals surface area contributed by atoms with E-state index >= 15 is 0 Å². The van der Waals surface area contributed by atoms with E-state index < -0.39 is 17.5 Å². The number of nitrogens with zero attached hydrogens (tertiary/aromatic N) is 4. The largest absolute Gasteiger partial charge is 0.464 e. The van der Waals surface area contributed by atoms with Crippen molar-refractivity contribution in [2.24, 2.45) is 0 Å². The number of amides is 1. The molecule has 0 aliphatic carbocycles. The Morgan fingerprint density at radius 2 is 2.16 bits per heavy atom. The first-order chi connectivity index (χ1) is 14.9. The van der Waals surface area contributed by atoms with Crippen LogP contribution in [0.1, 0.15) is 29.4 Å². The van der Waals surface area contributed by atoms with E-state index in [1.165, 1.54) is 12.0 Å². The maximum atomic E-state index is 12.2. The Bertz CT molecular complexity index is 1250. The van der Waals surface area contributed by atoms with Crippen molar-refractivity contribution in [3.05, 3.63) is 47.9 Å². The standard InChI is InChI=1S/C23H22N4O4/c1-4-27-14-24-20-18(27)13-17(21(28)31-3)25-19(20)16-7-5-6-15(12-16)8-9-23(30)10-11-26(2)22(23)29/h5-7,12-14,30H,4,10-11H2,1-3H3/t23-/m0/s1. The molecular weight excluding hydrogens is 396 g/mol. The van der Waals surface area contributed by atoms with Gasteiger partial charge in [0.25, 0.3) is 5.91 Å². The third-order valence-electron chi connectivity index (χ3n) is 5.40. The smallest absolute Gasteiger partial charge is 0.356 e. The van der Waals surface area contributed by atoms with E-state index in [2.05, 4.69) is 21.8 Å². The minimum Gasteiger partial charge on any atom is -0.464 e. The number of ether oxygens (including phenoxy) is 1. The highest BCUT2D eigenvalue weighted by atomic mass is 16.5. The molecule has 0 spiro atoms. The molecule has 1 saturated heterocycles. The normalized spacial score (nSPS) is 18.2. The number of likely N-dealkylation sites (N-methyl/N-ethyl adjacent to an activating group) is 1. The molecule has 1 atom stereocenters. The molecule has 0 radical (unpaired) electrons. The molecule has 1 aliphatic rings. The molecule has 1 fully saturated rings. The van der Waals surface area contributed by atoms with E-state index in [0.29, 0.717) is 35.4 Å². The van der Waals surface area contributed by atoms with Gasteiger partial charge in [0.15, 0.2) is 5.69 Å². The Morgan fingerprint density at radius 3 is 2.84 bits per heavy atom. The van der Waals surface area contributed by atoms with Gasteiger partial charge in [0.05, 0.1) is 24.6 Å². The van der Waals surface area contributed by atoms with Gasteiger partial charge in [-0.05, 0) is 25.1 Å².